The highest BCUT2D eigenvalue weighted by atomic mass is 31.2. The lowest BCUT2D eigenvalue weighted by molar-refractivity contribution is -0.870. The predicted octanol–water partition coefficient (Wildman–Crippen LogP) is 20.4. The summed E-state index contributed by atoms with van der Waals surface area (Å²) in [5, 5.41) is 13.9. The number of nitrogens with one attached hydrogen (secondary N) is 1. The number of quaternary nitrogens is 1. The van der Waals surface area contributed by atoms with E-state index in [0.29, 0.717) is 17.4 Å². The fourth-order valence-corrected chi connectivity index (χ4v) is 10.3. The average molecular weight is 1090 g/mol. The molecular formula is C67H128N2O6P+. The van der Waals surface area contributed by atoms with E-state index >= 15 is 0 Å². The topological polar surface area (TPSA) is 105 Å². The number of aliphatic hydroxyl groups is 1. The number of phosphoric ester groups is 1. The quantitative estimate of drug-likeness (QED) is 0.0243. The molecule has 8 nitrogen and oxygen atoms in total. The molecule has 3 N–H and O–H groups in total. The van der Waals surface area contributed by atoms with Crippen LogP contribution in [0.2, 0.25) is 0 Å². The van der Waals surface area contributed by atoms with Gasteiger partial charge in [-0.05, 0) is 70.6 Å². The van der Waals surface area contributed by atoms with Crippen molar-refractivity contribution in [1.29, 1.82) is 0 Å². The number of carbonyl (C=O) groups excluding carboxylic acids is 1. The van der Waals surface area contributed by atoms with Crippen molar-refractivity contribution >= 4 is 13.7 Å². The van der Waals surface area contributed by atoms with Crippen molar-refractivity contribution in [2.45, 2.75) is 321 Å². The maximum atomic E-state index is 13.0. The van der Waals surface area contributed by atoms with Gasteiger partial charge in [-0.2, -0.15) is 0 Å². The monoisotopic (exact) mass is 1090 g/mol. The molecule has 0 saturated heterocycles. The first kappa shape index (κ1) is 74.2. The van der Waals surface area contributed by atoms with Gasteiger partial charge in [0, 0.05) is 6.42 Å². The van der Waals surface area contributed by atoms with Crippen LogP contribution < -0.4 is 5.32 Å². The third-order valence-electron chi connectivity index (χ3n) is 14.7. The zero-order valence-electron chi connectivity index (χ0n) is 51.0. The van der Waals surface area contributed by atoms with Gasteiger partial charge in [0.15, 0.2) is 0 Å². The number of carbonyl (C=O) groups is 1. The van der Waals surface area contributed by atoms with Crippen molar-refractivity contribution in [3.05, 3.63) is 60.8 Å². The third-order valence-corrected chi connectivity index (χ3v) is 15.7. The molecule has 0 aromatic carbocycles. The van der Waals surface area contributed by atoms with Crippen LogP contribution in [-0.4, -0.2) is 73.4 Å². The Balaban J connectivity index is 4.05. The number of hydrogen-bond acceptors (Lipinski definition) is 5. The van der Waals surface area contributed by atoms with Crippen LogP contribution in [0.25, 0.3) is 0 Å². The Labute approximate surface area is 472 Å². The number of unbranched alkanes of at least 4 members (excludes halogenated alkanes) is 39. The van der Waals surface area contributed by atoms with Crippen molar-refractivity contribution in [3.63, 3.8) is 0 Å². The Morgan fingerprint density at radius 3 is 1.14 bits per heavy atom. The van der Waals surface area contributed by atoms with Crippen LogP contribution in [0.4, 0.5) is 0 Å². The van der Waals surface area contributed by atoms with Gasteiger partial charge in [0.2, 0.25) is 5.91 Å². The van der Waals surface area contributed by atoms with E-state index in [-0.39, 0.29) is 19.1 Å². The van der Waals surface area contributed by atoms with Crippen molar-refractivity contribution in [2.75, 3.05) is 40.9 Å². The molecule has 0 radical (unpaired) electrons. The highest BCUT2D eigenvalue weighted by molar-refractivity contribution is 7.47. The second kappa shape index (κ2) is 57.9. The smallest absolute Gasteiger partial charge is 0.387 e. The number of aliphatic hydroxyl groups excluding tert-OH is 1. The number of likely N-dealkylation sites (N-methyl/N-ethyl adjacent to an activating group) is 1. The van der Waals surface area contributed by atoms with E-state index in [0.717, 1.165) is 51.4 Å². The summed E-state index contributed by atoms with van der Waals surface area (Å²) in [6.45, 7) is 4.81. The van der Waals surface area contributed by atoms with E-state index in [1.807, 2.05) is 27.2 Å². The normalized spacial score (nSPS) is 14.1. The van der Waals surface area contributed by atoms with Crippen LogP contribution >= 0.6 is 7.82 Å². The summed E-state index contributed by atoms with van der Waals surface area (Å²) in [5.74, 6) is -0.183. The van der Waals surface area contributed by atoms with Gasteiger partial charge in [0.05, 0.1) is 39.9 Å². The van der Waals surface area contributed by atoms with Gasteiger partial charge in [-0.25, -0.2) is 4.57 Å². The Kier molecular flexibility index (Phi) is 56.5. The first-order chi connectivity index (χ1) is 37.0. The summed E-state index contributed by atoms with van der Waals surface area (Å²) in [6, 6.07) is -0.864. The Bertz CT molecular complexity index is 1420. The molecule has 0 saturated carbocycles. The number of amides is 1. The van der Waals surface area contributed by atoms with E-state index in [1.165, 1.54) is 238 Å². The molecular weight excluding hydrogens is 960 g/mol. The Morgan fingerprint density at radius 2 is 0.763 bits per heavy atom. The molecule has 0 aliphatic rings. The van der Waals surface area contributed by atoms with Crippen LogP contribution in [0, 0.1) is 0 Å². The van der Waals surface area contributed by atoms with Crippen molar-refractivity contribution in [1.82, 2.24) is 5.32 Å². The van der Waals surface area contributed by atoms with E-state index in [1.54, 1.807) is 6.08 Å². The van der Waals surface area contributed by atoms with Gasteiger partial charge < -0.3 is 19.8 Å². The standard InChI is InChI=1S/C67H127N2O6P/c1-6-8-10-12-14-16-18-20-22-24-26-27-28-29-30-31-32-33-34-35-36-37-38-39-40-41-43-45-47-49-51-53-55-57-59-61-67(71)68-65(64-75-76(72,73)74-63-62-69(3,4)5)66(70)60-58-56-54-52-50-48-46-44-42-25-23-21-19-17-15-13-11-9-7-2/h18,20,24,26,28-29,50,52,58,60,65-66,70H,6-17,19,21-23,25,27,30-49,51,53-57,59,61-64H2,1-5H3,(H-,68,71,72,73)/p+1/b20-18-,26-24-,29-28-,52-50+,60-58+. The van der Waals surface area contributed by atoms with E-state index < -0.39 is 20.0 Å². The highest BCUT2D eigenvalue weighted by Crippen LogP contribution is 2.43. The summed E-state index contributed by atoms with van der Waals surface area (Å²) in [4.78, 5) is 23.4. The lowest BCUT2D eigenvalue weighted by Gasteiger charge is -2.25. The second-order valence-corrected chi connectivity index (χ2v) is 24.9. The van der Waals surface area contributed by atoms with Gasteiger partial charge in [-0.3, -0.25) is 13.8 Å². The van der Waals surface area contributed by atoms with Crippen molar-refractivity contribution < 1.29 is 32.9 Å². The molecule has 76 heavy (non-hydrogen) atoms. The summed E-state index contributed by atoms with van der Waals surface area (Å²) in [6.07, 6.45) is 79.3. The van der Waals surface area contributed by atoms with Crippen LogP contribution in [-0.2, 0) is 18.4 Å². The zero-order chi connectivity index (χ0) is 55.6. The summed E-state index contributed by atoms with van der Waals surface area (Å²) >= 11 is 0. The lowest BCUT2D eigenvalue weighted by atomic mass is 10.0. The molecule has 0 spiro atoms. The molecule has 0 rings (SSSR count). The largest absolute Gasteiger partial charge is 0.472 e. The third kappa shape index (κ3) is 59.9. The van der Waals surface area contributed by atoms with Gasteiger partial charge in [0.1, 0.15) is 13.2 Å². The van der Waals surface area contributed by atoms with Gasteiger partial charge in [0.25, 0.3) is 0 Å². The lowest BCUT2D eigenvalue weighted by Crippen LogP contribution is -2.45. The van der Waals surface area contributed by atoms with E-state index in [9.17, 15) is 19.4 Å². The van der Waals surface area contributed by atoms with Crippen LogP contribution in [0.1, 0.15) is 309 Å². The number of nitrogens with zero attached hydrogens (tertiary/aromatic N) is 1. The number of hydrogen-bond donors (Lipinski definition) is 3. The molecule has 0 bridgehead atoms. The summed E-state index contributed by atoms with van der Waals surface area (Å²) in [5.41, 5.74) is 0. The van der Waals surface area contributed by atoms with Gasteiger partial charge in [-0.1, -0.05) is 293 Å². The minimum Gasteiger partial charge on any atom is -0.387 e. The second-order valence-electron chi connectivity index (χ2n) is 23.5. The maximum Gasteiger partial charge on any atom is 0.472 e. The highest BCUT2D eigenvalue weighted by Gasteiger charge is 2.27. The molecule has 446 valence electrons. The van der Waals surface area contributed by atoms with Crippen molar-refractivity contribution in [3.8, 4) is 0 Å². The molecule has 3 unspecified atom stereocenters. The van der Waals surface area contributed by atoms with E-state index in [2.05, 4.69) is 67.8 Å². The molecule has 0 aromatic heterocycles. The molecule has 0 aliphatic carbocycles. The molecule has 0 fully saturated rings. The van der Waals surface area contributed by atoms with Gasteiger partial charge in [-0.15, -0.1) is 0 Å². The molecule has 0 heterocycles. The summed E-state index contributed by atoms with van der Waals surface area (Å²) in [7, 11) is 1.56. The van der Waals surface area contributed by atoms with E-state index in [4.69, 9.17) is 9.05 Å². The van der Waals surface area contributed by atoms with Crippen molar-refractivity contribution in [2.24, 2.45) is 0 Å². The first-order valence-corrected chi connectivity index (χ1v) is 34.2. The first-order valence-electron chi connectivity index (χ1n) is 32.7. The fraction of sp³-hybridized carbons (Fsp3) is 0.836. The molecule has 9 heteroatoms. The zero-order valence-corrected chi connectivity index (χ0v) is 51.9. The molecule has 0 aromatic rings. The SMILES string of the molecule is CCCCCCC/C=C\C/C=C\C/C=C\CCCCCCCCCCCCCCCCCCCCCCC(=O)NC(COP(=O)(O)OCC[N+](C)(C)C)C(O)/C=C/CC/C=C/CCCCCCCCCCCCCCC. The minimum atomic E-state index is -4.36. The number of allylic oxidation sites excluding steroid dienone is 9. The Morgan fingerprint density at radius 1 is 0.447 bits per heavy atom. The summed E-state index contributed by atoms with van der Waals surface area (Å²) < 4.78 is 23.7. The van der Waals surface area contributed by atoms with Crippen LogP contribution in [0.5, 0.6) is 0 Å². The number of phosphoric acid groups is 1. The predicted molar refractivity (Wildman–Crippen MR) is 332 cm³/mol. The maximum absolute atomic E-state index is 13.0. The molecule has 1 amide bonds. The fourth-order valence-electron chi connectivity index (χ4n) is 9.60. The van der Waals surface area contributed by atoms with Crippen LogP contribution in [0.15, 0.2) is 60.8 Å². The minimum absolute atomic E-state index is 0.0564. The van der Waals surface area contributed by atoms with Crippen LogP contribution in [0.3, 0.4) is 0 Å². The average Bonchev–Trinajstić information content (AvgIpc) is 3.38. The van der Waals surface area contributed by atoms with Gasteiger partial charge >= 0.3 is 7.82 Å². The number of rotatable bonds is 60. The molecule has 0 aliphatic heterocycles. The molecule has 3 atom stereocenters. The Hall–Kier alpha value is -1.80.